The number of aromatic nitrogens is 2. The summed E-state index contributed by atoms with van der Waals surface area (Å²) in [5, 5.41) is 3.28. The van der Waals surface area contributed by atoms with Crippen molar-refractivity contribution in [3.63, 3.8) is 0 Å². The van der Waals surface area contributed by atoms with E-state index in [0.29, 0.717) is 0 Å². The van der Waals surface area contributed by atoms with E-state index in [-0.39, 0.29) is 0 Å². The highest BCUT2D eigenvalue weighted by molar-refractivity contribution is 5.71. The summed E-state index contributed by atoms with van der Waals surface area (Å²) >= 11 is 0. The number of hydrogen-bond acceptors (Lipinski definition) is 5. The van der Waals surface area contributed by atoms with E-state index in [1.165, 1.54) is 0 Å². The number of ether oxygens (including phenoxy) is 1. The fraction of sp³-hybridized carbons (Fsp3) is 0.375. The van der Waals surface area contributed by atoms with Crippen LogP contribution in [0.3, 0.4) is 0 Å². The molecule has 0 fully saturated rings. The molecule has 0 aliphatic rings. The zero-order valence-electron chi connectivity index (χ0n) is 13.3. The summed E-state index contributed by atoms with van der Waals surface area (Å²) in [6.07, 6.45) is 0. The lowest BCUT2D eigenvalue weighted by Crippen LogP contribution is -2.16. The number of nitrogens with one attached hydrogen (secondary N) is 1. The summed E-state index contributed by atoms with van der Waals surface area (Å²) in [7, 11) is 3.66. The highest BCUT2D eigenvalue weighted by atomic mass is 16.5. The first-order valence-corrected chi connectivity index (χ1v) is 7.04. The van der Waals surface area contributed by atoms with Crippen molar-refractivity contribution >= 4 is 17.3 Å². The number of methoxy groups -OCH3 is 1. The van der Waals surface area contributed by atoms with Gasteiger partial charge in [-0.05, 0) is 32.9 Å². The Hall–Kier alpha value is -2.30. The van der Waals surface area contributed by atoms with Crippen LogP contribution in [-0.2, 0) is 0 Å². The van der Waals surface area contributed by atoms with Gasteiger partial charge in [0, 0.05) is 19.2 Å². The van der Waals surface area contributed by atoms with E-state index in [1.54, 1.807) is 7.11 Å². The lowest BCUT2D eigenvalue weighted by atomic mass is 10.2. The highest BCUT2D eigenvalue weighted by Crippen LogP contribution is 2.34. The maximum atomic E-state index is 5.44. The van der Waals surface area contributed by atoms with Gasteiger partial charge in [-0.15, -0.1) is 0 Å². The molecule has 21 heavy (non-hydrogen) atoms. The third-order valence-electron chi connectivity index (χ3n) is 3.34. The Morgan fingerprint density at radius 2 is 1.90 bits per heavy atom. The second kappa shape index (κ2) is 6.43. The predicted octanol–water partition coefficient (Wildman–Crippen LogP) is 3.30. The molecule has 1 N–H and O–H groups in total. The molecule has 2 aromatic rings. The van der Waals surface area contributed by atoms with Crippen molar-refractivity contribution in [1.82, 2.24) is 9.97 Å². The minimum absolute atomic E-state index is 0.744. The third kappa shape index (κ3) is 3.07. The Morgan fingerprint density at radius 1 is 1.19 bits per heavy atom. The Labute approximate surface area is 126 Å². The van der Waals surface area contributed by atoms with E-state index in [0.717, 1.165) is 41.0 Å². The number of nitrogens with zero attached hydrogens (tertiary/aromatic N) is 3. The molecule has 1 aromatic carbocycles. The van der Waals surface area contributed by atoms with Crippen LogP contribution in [0.25, 0.3) is 0 Å². The van der Waals surface area contributed by atoms with Crippen LogP contribution in [0.15, 0.2) is 24.3 Å². The predicted molar refractivity (Wildman–Crippen MR) is 86.7 cm³/mol. The van der Waals surface area contributed by atoms with Crippen molar-refractivity contribution in [3.8, 4) is 5.75 Å². The van der Waals surface area contributed by atoms with Gasteiger partial charge in [0.1, 0.15) is 23.2 Å². The van der Waals surface area contributed by atoms with Gasteiger partial charge in [0.2, 0.25) is 0 Å². The van der Waals surface area contributed by atoms with Gasteiger partial charge in [-0.1, -0.05) is 12.1 Å². The van der Waals surface area contributed by atoms with Gasteiger partial charge in [-0.3, -0.25) is 0 Å². The summed E-state index contributed by atoms with van der Waals surface area (Å²) in [6, 6.07) is 7.91. The molecule has 0 atom stereocenters. The van der Waals surface area contributed by atoms with Crippen molar-refractivity contribution < 1.29 is 4.74 Å². The van der Waals surface area contributed by atoms with Gasteiger partial charge in [0.15, 0.2) is 0 Å². The Balaban J connectivity index is 2.50. The average molecular weight is 286 g/mol. The van der Waals surface area contributed by atoms with E-state index in [1.807, 2.05) is 50.1 Å². The van der Waals surface area contributed by atoms with Gasteiger partial charge in [0.25, 0.3) is 0 Å². The first-order valence-electron chi connectivity index (χ1n) is 7.04. The SMILES string of the molecule is CCNc1nc(C)nc(N(C)c2ccccc2OC)c1C. The normalized spacial score (nSPS) is 10.3. The van der Waals surface area contributed by atoms with Crippen LogP contribution in [-0.4, -0.2) is 30.7 Å². The molecule has 0 spiro atoms. The number of anilines is 3. The van der Waals surface area contributed by atoms with E-state index >= 15 is 0 Å². The van der Waals surface area contributed by atoms with Crippen LogP contribution in [0.5, 0.6) is 5.75 Å². The highest BCUT2D eigenvalue weighted by Gasteiger charge is 2.16. The van der Waals surface area contributed by atoms with Crippen molar-refractivity contribution in [3.05, 3.63) is 35.7 Å². The molecule has 5 heteroatoms. The lowest BCUT2D eigenvalue weighted by Gasteiger charge is -2.23. The molecular formula is C16H22N4O. The molecule has 5 nitrogen and oxygen atoms in total. The van der Waals surface area contributed by atoms with E-state index in [4.69, 9.17) is 4.74 Å². The fourth-order valence-electron chi connectivity index (χ4n) is 2.30. The van der Waals surface area contributed by atoms with E-state index in [2.05, 4.69) is 22.2 Å². The molecule has 0 amide bonds. The third-order valence-corrected chi connectivity index (χ3v) is 3.34. The zero-order chi connectivity index (χ0) is 15.4. The topological polar surface area (TPSA) is 50.3 Å². The molecule has 0 aliphatic carbocycles. The minimum Gasteiger partial charge on any atom is -0.495 e. The molecule has 0 aliphatic heterocycles. The van der Waals surface area contributed by atoms with Crippen LogP contribution in [0, 0.1) is 13.8 Å². The summed E-state index contributed by atoms with van der Waals surface area (Å²) in [5.41, 5.74) is 2.00. The molecular weight excluding hydrogens is 264 g/mol. The summed E-state index contributed by atoms with van der Waals surface area (Å²) in [6.45, 7) is 6.81. The maximum absolute atomic E-state index is 5.44. The smallest absolute Gasteiger partial charge is 0.142 e. The van der Waals surface area contributed by atoms with Crippen molar-refractivity contribution in [2.24, 2.45) is 0 Å². The summed E-state index contributed by atoms with van der Waals surface area (Å²) < 4.78 is 5.44. The number of para-hydroxylation sites is 2. The standard InChI is InChI=1S/C16H22N4O/c1-6-17-15-11(2)16(19-12(3)18-15)20(4)13-9-7-8-10-14(13)21-5/h7-10H,6H2,1-5H3,(H,17,18,19). The van der Waals surface area contributed by atoms with Crippen LogP contribution in [0.4, 0.5) is 17.3 Å². The molecule has 0 unspecified atom stereocenters. The maximum Gasteiger partial charge on any atom is 0.142 e. The number of hydrogen-bond donors (Lipinski definition) is 1. The van der Waals surface area contributed by atoms with E-state index < -0.39 is 0 Å². The van der Waals surface area contributed by atoms with Crippen LogP contribution in [0.1, 0.15) is 18.3 Å². The quantitative estimate of drug-likeness (QED) is 0.914. The first kappa shape index (κ1) is 15.1. The van der Waals surface area contributed by atoms with Crippen LogP contribution < -0.4 is 15.0 Å². The van der Waals surface area contributed by atoms with E-state index in [9.17, 15) is 0 Å². The van der Waals surface area contributed by atoms with Gasteiger partial charge in [-0.25, -0.2) is 9.97 Å². The molecule has 1 aromatic heterocycles. The summed E-state index contributed by atoms with van der Waals surface area (Å²) in [4.78, 5) is 11.1. The molecule has 0 saturated heterocycles. The van der Waals surface area contributed by atoms with Gasteiger partial charge >= 0.3 is 0 Å². The second-order valence-corrected chi connectivity index (χ2v) is 4.83. The number of rotatable bonds is 5. The molecule has 112 valence electrons. The van der Waals surface area contributed by atoms with Crippen LogP contribution in [0.2, 0.25) is 0 Å². The molecule has 0 bridgehead atoms. The first-order chi connectivity index (χ1) is 10.1. The average Bonchev–Trinajstić information content (AvgIpc) is 2.50. The number of aryl methyl sites for hydroxylation is 1. The zero-order valence-corrected chi connectivity index (χ0v) is 13.3. The Morgan fingerprint density at radius 3 is 2.57 bits per heavy atom. The molecule has 1 heterocycles. The summed E-state index contributed by atoms with van der Waals surface area (Å²) in [5.74, 6) is 3.32. The fourth-order valence-corrected chi connectivity index (χ4v) is 2.30. The van der Waals surface area contributed by atoms with Crippen molar-refractivity contribution in [2.45, 2.75) is 20.8 Å². The van der Waals surface area contributed by atoms with Crippen molar-refractivity contribution in [1.29, 1.82) is 0 Å². The molecule has 2 rings (SSSR count). The Bertz CT molecular complexity index is 628. The molecule has 0 radical (unpaired) electrons. The monoisotopic (exact) mass is 286 g/mol. The second-order valence-electron chi connectivity index (χ2n) is 4.83. The van der Waals surface area contributed by atoms with Gasteiger partial charge < -0.3 is 15.0 Å². The number of benzene rings is 1. The lowest BCUT2D eigenvalue weighted by molar-refractivity contribution is 0.415. The Kier molecular flexibility index (Phi) is 4.62. The minimum atomic E-state index is 0.744. The van der Waals surface area contributed by atoms with Gasteiger partial charge in [-0.2, -0.15) is 0 Å². The molecule has 0 saturated carbocycles. The van der Waals surface area contributed by atoms with Crippen LogP contribution >= 0.6 is 0 Å². The van der Waals surface area contributed by atoms with Gasteiger partial charge in [0.05, 0.1) is 12.8 Å². The van der Waals surface area contributed by atoms with Crippen molar-refractivity contribution in [2.75, 3.05) is 30.9 Å². The largest absolute Gasteiger partial charge is 0.495 e.